The minimum absolute atomic E-state index is 0. The number of ether oxygens (including phenoxy) is 2. The number of nitrogens with zero attached hydrogens (tertiary/aromatic N) is 2. The van der Waals surface area contributed by atoms with Gasteiger partial charge in [-0.1, -0.05) is 19.7 Å². The largest absolute Gasteiger partial charge is 1.00 e. The van der Waals surface area contributed by atoms with E-state index in [0.717, 1.165) is 28.1 Å². The molecule has 0 saturated heterocycles. The summed E-state index contributed by atoms with van der Waals surface area (Å²) in [5, 5.41) is 0. The van der Waals surface area contributed by atoms with Crippen LogP contribution in [0.4, 0.5) is 0 Å². The summed E-state index contributed by atoms with van der Waals surface area (Å²) >= 11 is 0. The zero-order chi connectivity index (χ0) is 23.8. The lowest BCUT2D eigenvalue weighted by atomic mass is 10.4. The van der Waals surface area contributed by atoms with E-state index in [2.05, 4.69) is 62.0 Å². The molecule has 0 aromatic heterocycles. The summed E-state index contributed by atoms with van der Waals surface area (Å²) in [6.45, 7) is 15.8. The molecule has 1 amide bonds. The molecule has 0 spiro atoms. The Kier molecular flexibility index (Phi) is 20.8. The lowest BCUT2D eigenvalue weighted by Crippen LogP contribution is -3.00. The molecule has 0 rings (SSSR count). The molecule has 0 aromatic rings. The van der Waals surface area contributed by atoms with Gasteiger partial charge in [-0.15, -0.1) is 0 Å². The first kappa shape index (κ1) is 35.3. The van der Waals surface area contributed by atoms with Gasteiger partial charge in [0, 0.05) is 11.1 Å². The second-order valence-corrected chi connectivity index (χ2v) is 8.43. The monoisotopic (exact) mass is 449 g/mol. The molecule has 176 valence electrons. The number of carbonyl (C=O) groups excluding carboxylic acids is 3. The van der Waals surface area contributed by atoms with Crippen LogP contribution in [-0.4, -0.2) is 95.4 Å². The standard InChI is InChI=1S/2C9H18NO2.C3H5NO.ClH/c2*1-8(2)9(11)12-7-6-10(3,4)5;1-2-3(4)5;/h2*1,6-7H2,2-5H3;2H,1H2,(H2,4,5);1H/q2*+1;;/p-2. The Morgan fingerprint density at radius 1 is 0.800 bits per heavy atom. The minimum Gasteiger partial charge on any atom is -1.00 e. The number of quaternary nitrogens is 2. The molecule has 0 atom stereocenters. The van der Waals surface area contributed by atoms with Gasteiger partial charge in [0.2, 0.25) is 0 Å². The SMILES string of the molecule is C=C(C)C(=O)OCC[N+](C)(C)C.C=C(C)C(=O)OCC[N+](C)(C)C.C=CC([NH-])=O.[Cl-]. The quantitative estimate of drug-likeness (QED) is 0.265. The van der Waals surface area contributed by atoms with Crippen molar-refractivity contribution in [3.8, 4) is 0 Å². The molecular formula is C21H40ClN3O5. The first-order valence-electron chi connectivity index (χ1n) is 9.07. The topological polar surface area (TPSA) is 93.5 Å². The lowest BCUT2D eigenvalue weighted by molar-refractivity contribution is -0.870. The Morgan fingerprint density at radius 3 is 1.17 bits per heavy atom. The van der Waals surface area contributed by atoms with Crippen LogP contribution in [0, 0.1) is 0 Å². The lowest BCUT2D eigenvalue weighted by Gasteiger charge is -2.23. The number of nitrogens with one attached hydrogen (secondary N) is 1. The molecule has 0 heterocycles. The molecule has 0 fully saturated rings. The normalized spacial score (nSPS) is 9.87. The fourth-order valence-corrected chi connectivity index (χ4v) is 1.07. The van der Waals surface area contributed by atoms with Crippen molar-refractivity contribution in [1.82, 2.24) is 0 Å². The summed E-state index contributed by atoms with van der Waals surface area (Å²) < 4.78 is 11.4. The summed E-state index contributed by atoms with van der Waals surface area (Å²) in [7, 11) is 12.3. The number of hydrogen-bond donors (Lipinski definition) is 0. The Labute approximate surface area is 188 Å². The van der Waals surface area contributed by atoms with Crippen LogP contribution >= 0.6 is 0 Å². The number of rotatable bonds is 9. The van der Waals surface area contributed by atoms with Gasteiger partial charge in [0.1, 0.15) is 26.3 Å². The van der Waals surface area contributed by atoms with Gasteiger partial charge in [-0.3, -0.25) is 0 Å². The second kappa shape index (κ2) is 17.7. The summed E-state index contributed by atoms with van der Waals surface area (Å²) in [5.74, 6) is -1.34. The van der Waals surface area contributed by atoms with Crippen LogP contribution in [0.1, 0.15) is 13.8 Å². The van der Waals surface area contributed by atoms with E-state index in [1.807, 2.05) is 0 Å². The number of likely N-dealkylation sites (N-methyl/N-ethyl adjacent to an activating group) is 2. The van der Waals surface area contributed by atoms with Gasteiger partial charge in [-0.2, -0.15) is 0 Å². The van der Waals surface area contributed by atoms with Crippen molar-refractivity contribution in [1.29, 1.82) is 0 Å². The third kappa shape index (κ3) is 33.4. The minimum atomic E-state index is -0.731. The van der Waals surface area contributed by atoms with Gasteiger partial charge in [0.05, 0.1) is 48.2 Å². The van der Waals surface area contributed by atoms with Crippen LogP contribution in [0.15, 0.2) is 37.0 Å². The predicted octanol–water partition coefficient (Wildman–Crippen LogP) is -0.621. The van der Waals surface area contributed by atoms with Crippen LogP contribution in [-0.2, 0) is 23.9 Å². The highest BCUT2D eigenvalue weighted by Crippen LogP contribution is 1.95. The number of esters is 2. The van der Waals surface area contributed by atoms with Crippen molar-refractivity contribution in [3.05, 3.63) is 42.7 Å². The first-order valence-corrected chi connectivity index (χ1v) is 9.07. The highest BCUT2D eigenvalue weighted by molar-refractivity contribution is 5.93. The average molecular weight is 450 g/mol. The molecule has 0 aliphatic rings. The van der Waals surface area contributed by atoms with E-state index >= 15 is 0 Å². The zero-order valence-corrected chi connectivity index (χ0v) is 20.6. The van der Waals surface area contributed by atoms with Gasteiger partial charge < -0.3 is 41.4 Å². The molecule has 0 unspecified atom stereocenters. The average Bonchev–Trinajstić information content (AvgIpc) is 2.53. The van der Waals surface area contributed by atoms with Crippen molar-refractivity contribution >= 4 is 17.8 Å². The Bertz CT molecular complexity index is 534. The summed E-state index contributed by atoms with van der Waals surface area (Å²) in [6.07, 6.45) is 0.944. The van der Waals surface area contributed by atoms with E-state index in [-0.39, 0.29) is 24.3 Å². The number of amides is 1. The van der Waals surface area contributed by atoms with Crippen molar-refractivity contribution < 1.29 is 45.2 Å². The van der Waals surface area contributed by atoms with Gasteiger partial charge in [0.25, 0.3) is 0 Å². The molecule has 9 heteroatoms. The second-order valence-electron chi connectivity index (χ2n) is 8.43. The molecular weight excluding hydrogens is 410 g/mol. The van der Waals surface area contributed by atoms with Crippen molar-refractivity contribution in [2.75, 3.05) is 68.6 Å². The highest BCUT2D eigenvalue weighted by Gasteiger charge is 2.10. The third-order valence-electron chi connectivity index (χ3n) is 2.87. The zero-order valence-electron chi connectivity index (χ0n) is 19.8. The number of carbonyl (C=O) groups is 3. The Hall–Kier alpha value is -2.16. The first-order chi connectivity index (χ1) is 12.9. The Morgan fingerprint density at radius 2 is 1.03 bits per heavy atom. The van der Waals surface area contributed by atoms with E-state index in [9.17, 15) is 14.4 Å². The molecule has 0 saturated carbocycles. The van der Waals surface area contributed by atoms with E-state index in [4.69, 9.17) is 15.2 Å². The molecule has 1 N–H and O–H groups in total. The Balaban J connectivity index is -0.000000180. The highest BCUT2D eigenvalue weighted by atomic mass is 35.5. The van der Waals surface area contributed by atoms with E-state index in [1.165, 1.54) is 0 Å². The predicted molar refractivity (Wildman–Crippen MR) is 117 cm³/mol. The molecule has 0 aliphatic carbocycles. The fourth-order valence-electron chi connectivity index (χ4n) is 1.07. The summed E-state index contributed by atoms with van der Waals surface area (Å²) in [6, 6.07) is 0. The smallest absolute Gasteiger partial charge is 0.333 e. The van der Waals surface area contributed by atoms with Crippen LogP contribution in [0.2, 0.25) is 0 Å². The fraction of sp³-hybridized carbons (Fsp3) is 0.571. The van der Waals surface area contributed by atoms with Gasteiger partial charge in [0.15, 0.2) is 0 Å². The molecule has 0 bridgehead atoms. The van der Waals surface area contributed by atoms with Crippen molar-refractivity contribution in [2.24, 2.45) is 0 Å². The molecule has 0 radical (unpaired) electrons. The summed E-state index contributed by atoms with van der Waals surface area (Å²) in [4.78, 5) is 31.2. The number of hydrogen-bond acceptors (Lipinski definition) is 5. The van der Waals surface area contributed by atoms with Crippen molar-refractivity contribution in [3.63, 3.8) is 0 Å². The molecule has 0 aliphatic heterocycles. The van der Waals surface area contributed by atoms with Gasteiger partial charge >= 0.3 is 11.9 Å². The molecule has 30 heavy (non-hydrogen) atoms. The van der Waals surface area contributed by atoms with E-state index in [1.54, 1.807) is 13.8 Å². The van der Waals surface area contributed by atoms with Gasteiger partial charge in [-0.05, 0) is 19.9 Å². The van der Waals surface area contributed by atoms with Crippen molar-refractivity contribution in [2.45, 2.75) is 13.8 Å². The maximum Gasteiger partial charge on any atom is 0.333 e. The maximum atomic E-state index is 10.9. The van der Waals surface area contributed by atoms with Gasteiger partial charge in [-0.25, -0.2) is 9.59 Å². The molecule has 8 nitrogen and oxygen atoms in total. The van der Waals surface area contributed by atoms with E-state index < -0.39 is 5.91 Å². The van der Waals surface area contributed by atoms with Crippen LogP contribution in [0.25, 0.3) is 5.73 Å². The number of halogens is 1. The third-order valence-corrected chi connectivity index (χ3v) is 2.87. The molecule has 0 aromatic carbocycles. The van der Waals surface area contributed by atoms with Crippen LogP contribution < -0.4 is 12.4 Å². The van der Waals surface area contributed by atoms with Crippen LogP contribution in [0.5, 0.6) is 0 Å². The van der Waals surface area contributed by atoms with E-state index in [0.29, 0.717) is 24.4 Å². The van der Waals surface area contributed by atoms with Crippen LogP contribution in [0.3, 0.4) is 0 Å². The maximum absolute atomic E-state index is 10.9. The summed E-state index contributed by atoms with van der Waals surface area (Å²) in [5.41, 5.74) is 6.98.